The fraction of sp³-hybridized carbons (Fsp3) is 0.333. The van der Waals surface area contributed by atoms with E-state index in [0.717, 1.165) is 48.3 Å². The molecule has 4 heterocycles. The number of hydrogen-bond donors (Lipinski definition) is 2. The molecule has 1 saturated heterocycles. The number of fused-ring (bicyclic) bond motifs is 1. The Balaban J connectivity index is 1.51. The van der Waals surface area contributed by atoms with Crippen LogP contribution in [0.2, 0.25) is 0 Å². The summed E-state index contributed by atoms with van der Waals surface area (Å²) in [5.41, 5.74) is 1.64. The quantitative estimate of drug-likeness (QED) is 0.633. The number of piperidine rings is 1. The molecule has 2 aliphatic rings. The van der Waals surface area contributed by atoms with Crippen molar-refractivity contribution in [1.29, 1.82) is 0 Å². The summed E-state index contributed by atoms with van der Waals surface area (Å²) in [4.78, 5) is 16.9. The number of hydrogen-bond acceptors (Lipinski definition) is 7. The van der Waals surface area contributed by atoms with Crippen molar-refractivity contribution in [3.05, 3.63) is 58.4 Å². The predicted molar refractivity (Wildman–Crippen MR) is 113 cm³/mol. The maximum Gasteiger partial charge on any atom is 0.420 e. The summed E-state index contributed by atoms with van der Waals surface area (Å²) in [6.45, 7) is 1.97. The van der Waals surface area contributed by atoms with Gasteiger partial charge in [-0.1, -0.05) is 12.1 Å². The van der Waals surface area contributed by atoms with Crippen molar-refractivity contribution in [1.82, 2.24) is 20.3 Å². The van der Waals surface area contributed by atoms with Crippen molar-refractivity contribution in [2.45, 2.75) is 31.6 Å². The molecule has 0 spiro atoms. The van der Waals surface area contributed by atoms with Crippen molar-refractivity contribution in [2.75, 3.05) is 18.4 Å². The smallest absolute Gasteiger partial charge is 0.350 e. The first-order valence-corrected chi connectivity index (χ1v) is 10.9. The van der Waals surface area contributed by atoms with Gasteiger partial charge in [-0.15, -0.1) is 11.3 Å². The summed E-state index contributed by atoms with van der Waals surface area (Å²) in [7, 11) is 0. The van der Waals surface area contributed by atoms with Crippen molar-refractivity contribution in [2.24, 2.45) is 4.99 Å². The summed E-state index contributed by atoms with van der Waals surface area (Å²) < 4.78 is 41.2. The highest BCUT2D eigenvalue weighted by atomic mass is 32.1. The molecule has 5 rings (SSSR count). The number of nitrogens with one attached hydrogen (secondary N) is 2. The van der Waals surface area contributed by atoms with E-state index in [1.165, 1.54) is 11.3 Å². The number of rotatable bonds is 4. The van der Waals surface area contributed by atoms with Crippen LogP contribution in [0.5, 0.6) is 0 Å². The van der Waals surface area contributed by atoms with Crippen LogP contribution in [0.1, 0.15) is 35.2 Å². The molecule has 1 aromatic carbocycles. The number of benzene rings is 1. The second-order valence-corrected chi connectivity index (χ2v) is 8.41. The molecule has 2 N–H and O–H groups in total. The Labute approximate surface area is 180 Å². The van der Waals surface area contributed by atoms with Crippen LogP contribution in [-0.4, -0.2) is 39.8 Å². The SMILES string of the molecule is FC(F)(F)c1cnc(N[C@H]2CCCNC2)nc1C1=NCc2cc(-c3nccs3)ccc21. The molecular formula is C21H19F3N6S. The molecule has 6 nitrogen and oxygen atoms in total. The lowest BCUT2D eigenvalue weighted by molar-refractivity contribution is -0.138. The van der Waals surface area contributed by atoms with Crippen LogP contribution in [0.15, 0.2) is 41.0 Å². The van der Waals surface area contributed by atoms with Crippen molar-refractivity contribution in [3.8, 4) is 10.6 Å². The van der Waals surface area contributed by atoms with Gasteiger partial charge in [0.1, 0.15) is 16.3 Å². The molecule has 31 heavy (non-hydrogen) atoms. The second-order valence-electron chi connectivity index (χ2n) is 7.52. The lowest BCUT2D eigenvalue weighted by Crippen LogP contribution is -2.39. The standard InChI is InChI=1S/C21H19F3N6S/c22-21(23,24)16-11-28-20(29-14-2-1-5-25-10-14)30-18(16)17-15-4-3-12(8-13(15)9-27-17)19-26-6-7-31-19/h3-4,6-8,11,14,25H,1-2,5,9-10H2,(H,28,29,30)/t14-/m0/s1. The number of anilines is 1. The van der Waals surface area contributed by atoms with Crippen LogP contribution in [0.3, 0.4) is 0 Å². The number of thiazole rings is 1. The molecule has 2 aliphatic heterocycles. The van der Waals surface area contributed by atoms with Gasteiger partial charge in [-0.2, -0.15) is 13.2 Å². The first-order valence-electron chi connectivity index (χ1n) is 9.98. The van der Waals surface area contributed by atoms with Crippen LogP contribution >= 0.6 is 11.3 Å². The Bertz CT molecular complexity index is 1120. The van der Waals surface area contributed by atoms with Crippen LogP contribution in [0.25, 0.3) is 10.6 Å². The second kappa shape index (κ2) is 8.01. The zero-order valence-electron chi connectivity index (χ0n) is 16.4. The van der Waals surface area contributed by atoms with E-state index < -0.39 is 11.7 Å². The summed E-state index contributed by atoms with van der Waals surface area (Å²) in [6, 6.07) is 5.68. The Kier molecular flexibility index (Phi) is 5.19. The third kappa shape index (κ3) is 4.05. The fourth-order valence-corrected chi connectivity index (χ4v) is 4.54. The fourth-order valence-electron chi connectivity index (χ4n) is 3.90. The number of nitrogens with zero attached hydrogens (tertiary/aromatic N) is 4. The van der Waals surface area contributed by atoms with Gasteiger partial charge in [-0.05, 0) is 31.0 Å². The van der Waals surface area contributed by atoms with E-state index in [0.29, 0.717) is 12.1 Å². The maximum absolute atomic E-state index is 13.7. The molecule has 0 saturated carbocycles. The van der Waals surface area contributed by atoms with E-state index in [9.17, 15) is 13.2 Å². The van der Waals surface area contributed by atoms with Gasteiger partial charge in [0.25, 0.3) is 0 Å². The highest BCUT2D eigenvalue weighted by Gasteiger charge is 2.38. The topological polar surface area (TPSA) is 75.1 Å². The lowest BCUT2D eigenvalue weighted by Gasteiger charge is -2.24. The molecule has 0 unspecified atom stereocenters. The highest BCUT2D eigenvalue weighted by molar-refractivity contribution is 7.13. The van der Waals surface area contributed by atoms with E-state index in [4.69, 9.17) is 0 Å². The van der Waals surface area contributed by atoms with E-state index in [1.54, 1.807) is 12.3 Å². The lowest BCUT2D eigenvalue weighted by atomic mass is 9.99. The van der Waals surface area contributed by atoms with Crippen molar-refractivity contribution < 1.29 is 13.2 Å². The van der Waals surface area contributed by atoms with E-state index in [-0.39, 0.29) is 23.4 Å². The number of aliphatic imine (C=N–C) groups is 1. The van der Waals surface area contributed by atoms with Gasteiger partial charge in [0.15, 0.2) is 0 Å². The average Bonchev–Trinajstić information content (AvgIpc) is 3.43. The molecule has 10 heteroatoms. The first-order chi connectivity index (χ1) is 15.0. The Morgan fingerprint density at radius 1 is 1.19 bits per heavy atom. The van der Waals surface area contributed by atoms with E-state index in [1.807, 2.05) is 17.5 Å². The Morgan fingerprint density at radius 2 is 2.10 bits per heavy atom. The van der Waals surface area contributed by atoms with Gasteiger partial charge >= 0.3 is 6.18 Å². The Hall–Kier alpha value is -2.85. The molecule has 3 aromatic rings. The summed E-state index contributed by atoms with van der Waals surface area (Å²) >= 11 is 1.51. The summed E-state index contributed by atoms with van der Waals surface area (Å²) in [6.07, 6.45) is -0.0948. The molecule has 160 valence electrons. The molecule has 0 bridgehead atoms. The molecule has 0 radical (unpaired) electrons. The zero-order valence-corrected chi connectivity index (χ0v) is 17.2. The van der Waals surface area contributed by atoms with Crippen LogP contribution < -0.4 is 10.6 Å². The van der Waals surface area contributed by atoms with Gasteiger partial charge in [0.05, 0.1) is 12.3 Å². The highest BCUT2D eigenvalue weighted by Crippen LogP contribution is 2.35. The largest absolute Gasteiger partial charge is 0.420 e. The number of alkyl halides is 3. The van der Waals surface area contributed by atoms with Gasteiger partial charge in [0, 0.05) is 41.5 Å². The van der Waals surface area contributed by atoms with Gasteiger partial charge in [-0.3, -0.25) is 4.99 Å². The van der Waals surface area contributed by atoms with Gasteiger partial charge in [0.2, 0.25) is 5.95 Å². The molecule has 1 fully saturated rings. The molecule has 0 amide bonds. The zero-order chi connectivity index (χ0) is 21.4. The molecule has 1 atom stereocenters. The van der Waals surface area contributed by atoms with E-state index >= 15 is 0 Å². The molecular weight excluding hydrogens is 425 g/mol. The Morgan fingerprint density at radius 3 is 2.84 bits per heavy atom. The van der Waals surface area contributed by atoms with Gasteiger partial charge in [-0.25, -0.2) is 15.0 Å². The molecule has 0 aliphatic carbocycles. The average molecular weight is 444 g/mol. The van der Waals surface area contributed by atoms with Crippen molar-refractivity contribution in [3.63, 3.8) is 0 Å². The van der Waals surface area contributed by atoms with Crippen LogP contribution in [-0.2, 0) is 12.7 Å². The van der Waals surface area contributed by atoms with Crippen LogP contribution in [0, 0.1) is 0 Å². The summed E-state index contributed by atoms with van der Waals surface area (Å²) in [5.74, 6) is 0.187. The monoisotopic (exact) mass is 444 g/mol. The third-order valence-corrected chi connectivity index (χ3v) is 6.22. The first kappa shape index (κ1) is 20.1. The number of halogens is 3. The third-order valence-electron chi connectivity index (χ3n) is 5.40. The maximum atomic E-state index is 13.7. The molecule has 2 aromatic heterocycles. The minimum Gasteiger partial charge on any atom is -0.350 e. The van der Waals surface area contributed by atoms with Crippen molar-refractivity contribution >= 4 is 23.0 Å². The van der Waals surface area contributed by atoms with Gasteiger partial charge < -0.3 is 10.6 Å². The number of aromatic nitrogens is 3. The van der Waals surface area contributed by atoms with E-state index in [2.05, 4.69) is 30.6 Å². The minimum atomic E-state index is -4.58. The normalized spacial score (nSPS) is 18.5. The minimum absolute atomic E-state index is 0.0805. The summed E-state index contributed by atoms with van der Waals surface area (Å²) in [5, 5.41) is 9.17. The van der Waals surface area contributed by atoms with Crippen LogP contribution in [0.4, 0.5) is 19.1 Å². The predicted octanol–water partition coefficient (Wildman–Crippen LogP) is 4.13.